The second-order valence-corrected chi connectivity index (χ2v) is 5.44. The lowest BCUT2D eigenvalue weighted by atomic mass is 10.1. The van der Waals surface area contributed by atoms with Crippen LogP contribution >= 0.6 is 0 Å². The Morgan fingerprint density at radius 1 is 1.14 bits per heavy atom. The van der Waals surface area contributed by atoms with E-state index in [0.717, 1.165) is 31.5 Å². The second kappa shape index (κ2) is 6.10. The third-order valence-corrected chi connectivity index (χ3v) is 3.71. The van der Waals surface area contributed by atoms with E-state index in [9.17, 15) is 0 Å². The molecule has 2 aromatic rings. The van der Waals surface area contributed by atoms with Crippen LogP contribution in [0.15, 0.2) is 36.4 Å². The Labute approximate surface area is 124 Å². The topological polar surface area (TPSA) is 64.3 Å². The first kappa shape index (κ1) is 13.8. The number of rotatable bonds is 3. The van der Waals surface area contributed by atoms with Crippen molar-refractivity contribution in [3.05, 3.63) is 36.4 Å². The minimum Gasteiger partial charge on any atom is -0.474 e. The average molecular weight is 284 g/mol. The number of benzene rings is 1. The summed E-state index contributed by atoms with van der Waals surface area (Å²) in [5.74, 6) is 1.61. The summed E-state index contributed by atoms with van der Waals surface area (Å²) in [5.41, 5.74) is 6.83. The molecule has 110 valence electrons. The number of aromatic nitrogens is 2. The number of hydrogen-bond acceptors (Lipinski definition) is 5. The first-order valence-electron chi connectivity index (χ1n) is 7.26. The molecule has 0 unspecified atom stereocenters. The maximum absolute atomic E-state index is 5.99. The van der Waals surface area contributed by atoms with Crippen LogP contribution in [0.1, 0.15) is 12.8 Å². The van der Waals surface area contributed by atoms with Crippen molar-refractivity contribution in [3.8, 4) is 17.3 Å². The van der Waals surface area contributed by atoms with Gasteiger partial charge in [-0.3, -0.25) is 0 Å². The molecule has 0 atom stereocenters. The van der Waals surface area contributed by atoms with Gasteiger partial charge in [-0.15, -0.1) is 0 Å². The van der Waals surface area contributed by atoms with E-state index in [2.05, 4.69) is 21.9 Å². The van der Waals surface area contributed by atoms with E-state index in [0.29, 0.717) is 17.5 Å². The molecule has 0 radical (unpaired) electrons. The van der Waals surface area contributed by atoms with Gasteiger partial charge in [-0.25, -0.2) is 4.98 Å². The van der Waals surface area contributed by atoms with Gasteiger partial charge in [0.05, 0.1) is 0 Å². The standard InChI is InChI=1S/C16H20N4O/c1-20-9-7-13(8-10-20)21-15-11-14(17)18-16(19-15)12-5-3-2-4-6-12/h2-6,11,13H,7-10H2,1H3,(H2,17,18,19). The van der Waals surface area contributed by atoms with Crippen LogP contribution in [0.4, 0.5) is 5.82 Å². The highest BCUT2D eigenvalue weighted by Gasteiger charge is 2.19. The van der Waals surface area contributed by atoms with Gasteiger partial charge in [-0.2, -0.15) is 4.98 Å². The molecule has 1 fully saturated rings. The van der Waals surface area contributed by atoms with Crippen LogP contribution in [-0.2, 0) is 0 Å². The van der Waals surface area contributed by atoms with Crippen molar-refractivity contribution in [1.82, 2.24) is 14.9 Å². The first-order chi connectivity index (χ1) is 10.2. The Bertz CT molecular complexity index is 594. The van der Waals surface area contributed by atoms with E-state index in [4.69, 9.17) is 10.5 Å². The smallest absolute Gasteiger partial charge is 0.219 e. The van der Waals surface area contributed by atoms with E-state index < -0.39 is 0 Å². The van der Waals surface area contributed by atoms with Gasteiger partial charge < -0.3 is 15.4 Å². The fourth-order valence-corrected chi connectivity index (χ4v) is 2.49. The fourth-order valence-electron chi connectivity index (χ4n) is 2.49. The molecule has 2 heterocycles. The van der Waals surface area contributed by atoms with Crippen LogP contribution in [0.5, 0.6) is 5.88 Å². The predicted octanol–water partition coefficient (Wildman–Crippen LogP) is 2.20. The summed E-state index contributed by atoms with van der Waals surface area (Å²) in [6.45, 7) is 2.10. The largest absolute Gasteiger partial charge is 0.474 e. The molecule has 0 spiro atoms. The number of piperidine rings is 1. The zero-order valence-electron chi connectivity index (χ0n) is 12.2. The molecule has 0 aliphatic carbocycles. The van der Waals surface area contributed by atoms with E-state index in [1.54, 1.807) is 6.07 Å². The number of nitrogens with two attached hydrogens (primary N) is 1. The number of nitrogen functional groups attached to an aromatic ring is 1. The summed E-state index contributed by atoms with van der Waals surface area (Å²) in [4.78, 5) is 11.1. The maximum atomic E-state index is 5.99. The van der Waals surface area contributed by atoms with Crippen LogP contribution in [-0.4, -0.2) is 41.1 Å². The lowest BCUT2D eigenvalue weighted by Gasteiger charge is -2.29. The Hall–Kier alpha value is -2.14. The monoisotopic (exact) mass is 284 g/mol. The molecular formula is C16H20N4O. The van der Waals surface area contributed by atoms with Crippen LogP contribution in [0.3, 0.4) is 0 Å². The molecule has 1 aromatic carbocycles. The van der Waals surface area contributed by atoms with Gasteiger partial charge in [0.2, 0.25) is 5.88 Å². The van der Waals surface area contributed by atoms with Crippen LogP contribution in [0.2, 0.25) is 0 Å². The van der Waals surface area contributed by atoms with Gasteiger partial charge >= 0.3 is 0 Å². The summed E-state index contributed by atoms with van der Waals surface area (Å²) in [6, 6.07) is 11.5. The van der Waals surface area contributed by atoms with Crippen LogP contribution < -0.4 is 10.5 Å². The maximum Gasteiger partial charge on any atom is 0.219 e. The quantitative estimate of drug-likeness (QED) is 0.936. The highest BCUT2D eigenvalue weighted by Crippen LogP contribution is 2.22. The predicted molar refractivity (Wildman–Crippen MR) is 83.0 cm³/mol. The van der Waals surface area contributed by atoms with Gasteiger partial charge in [0.15, 0.2) is 5.82 Å². The number of likely N-dealkylation sites (tertiary alicyclic amines) is 1. The number of anilines is 1. The Balaban J connectivity index is 1.78. The van der Waals surface area contributed by atoms with E-state index >= 15 is 0 Å². The average Bonchev–Trinajstić information content (AvgIpc) is 2.50. The molecule has 0 amide bonds. The number of hydrogen-bond donors (Lipinski definition) is 1. The Morgan fingerprint density at radius 3 is 2.57 bits per heavy atom. The molecule has 3 rings (SSSR count). The molecule has 1 aromatic heterocycles. The fraction of sp³-hybridized carbons (Fsp3) is 0.375. The molecular weight excluding hydrogens is 264 g/mol. The van der Waals surface area contributed by atoms with Crippen molar-refractivity contribution in [3.63, 3.8) is 0 Å². The zero-order chi connectivity index (χ0) is 14.7. The lowest BCUT2D eigenvalue weighted by molar-refractivity contribution is 0.110. The molecule has 5 nitrogen and oxygen atoms in total. The summed E-state index contributed by atoms with van der Waals surface area (Å²) in [7, 11) is 2.13. The van der Waals surface area contributed by atoms with Crippen molar-refractivity contribution in [1.29, 1.82) is 0 Å². The summed E-state index contributed by atoms with van der Waals surface area (Å²) < 4.78 is 5.99. The van der Waals surface area contributed by atoms with E-state index in [-0.39, 0.29) is 6.10 Å². The van der Waals surface area contributed by atoms with Gasteiger partial charge in [-0.1, -0.05) is 30.3 Å². The Morgan fingerprint density at radius 2 is 1.86 bits per heavy atom. The van der Waals surface area contributed by atoms with Gasteiger partial charge in [0.25, 0.3) is 0 Å². The zero-order valence-corrected chi connectivity index (χ0v) is 12.2. The van der Waals surface area contributed by atoms with Gasteiger partial charge in [0.1, 0.15) is 11.9 Å². The molecule has 21 heavy (non-hydrogen) atoms. The molecule has 0 bridgehead atoms. The first-order valence-corrected chi connectivity index (χ1v) is 7.26. The Kier molecular flexibility index (Phi) is 4.01. The number of nitrogens with zero attached hydrogens (tertiary/aromatic N) is 3. The van der Waals surface area contributed by atoms with E-state index in [1.165, 1.54) is 0 Å². The minimum atomic E-state index is 0.208. The SMILES string of the molecule is CN1CCC(Oc2cc(N)nc(-c3ccccc3)n2)CC1. The van der Waals surface area contributed by atoms with Crippen molar-refractivity contribution < 1.29 is 4.74 Å². The second-order valence-electron chi connectivity index (χ2n) is 5.44. The van der Waals surface area contributed by atoms with Crippen LogP contribution in [0.25, 0.3) is 11.4 Å². The van der Waals surface area contributed by atoms with Gasteiger partial charge in [-0.05, 0) is 19.9 Å². The van der Waals surface area contributed by atoms with Crippen molar-refractivity contribution in [2.24, 2.45) is 0 Å². The molecule has 1 aliphatic rings. The normalized spacial score (nSPS) is 16.8. The van der Waals surface area contributed by atoms with Gasteiger partial charge in [0, 0.05) is 24.7 Å². The van der Waals surface area contributed by atoms with Crippen molar-refractivity contribution in [2.75, 3.05) is 25.9 Å². The third kappa shape index (κ3) is 3.49. The van der Waals surface area contributed by atoms with Crippen molar-refractivity contribution >= 4 is 5.82 Å². The third-order valence-electron chi connectivity index (χ3n) is 3.71. The van der Waals surface area contributed by atoms with Crippen LogP contribution in [0, 0.1) is 0 Å². The highest BCUT2D eigenvalue weighted by atomic mass is 16.5. The molecule has 1 aliphatic heterocycles. The minimum absolute atomic E-state index is 0.208. The summed E-state index contributed by atoms with van der Waals surface area (Å²) in [6.07, 6.45) is 2.24. The summed E-state index contributed by atoms with van der Waals surface area (Å²) in [5, 5.41) is 0. The summed E-state index contributed by atoms with van der Waals surface area (Å²) >= 11 is 0. The van der Waals surface area contributed by atoms with E-state index in [1.807, 2.05) is 30.3 Å². The highest BCUT2D eigenvalue weighted by molar-refractivity contribution is 5.57. The molecule has 1 saturated heterocycles. The number of ether oxygens (including phenoxy) is 1. The molecule has 0 saturated carbocycles. The molecule has 5 heteroatoms. The lowest BCUT2D eigenvalue weighted by Crippen LogP contribution is -2.35. The molecule has 2 N–H and O–H groups in total. The van der Waals surface area contributed by atoms with Crippen molar-refractivity contribution in [2.45, 2.75) is 18.9 Å².